The van der Waals surface area contributed by atoms with Gasteiger partial charge in [0.05, 0.1) is 23.1 Å². The molecule has 4 rings (SSSR count). The Hall–Kier alpha value is -3.26. The SMILES string of the molecule is O=C1c2ccccc2C(=O)c2c(NCC(O)C[n+]3ccccc3)ccc(NCC(O)CCl)c21. The number of pyridine rings is 1. The van der Waals surface area contributed by atoms with Gasteiger partial charge in [-0.05, 0) is 12.1 Å². The first-order valence-corrected chi connectivity index (χ1v) is 11.2. The van der Waals surface area contributed by atoms with Gasteiger partial charge in [-0.25, -0.2) is 4.57 Å². The minimum absolute atomic E-state index is 0.0435. The van der Waals surface area contributed by atoms with E-state index >= 15 is 0 Å². The summed E-state index contributed by atoms with van der Waals surface area (Å²) in [5.41, 5.74) is 2.11. The summed E-state index contributed by atoms with van der Waals surface area (Å²) >= 11 is 5.69. The standard InChI is InChI=1S/C25H24ClN3O4/c26-12-16(30)13-27-20-8-9-21(28-14-17(31)15-29-10-4-1-5-11-29)23-22(20)24(32)18-6-2-3-7-19(18)25(23)33/h1-11,16-17,30-31H,12-15H2,(H-,27,28,32,33)/p+1. The van der Waals surface area contributed by atoms with Crippen LogP contribution >= 0.6 is 11.6 Å². The number of anilines is 2. The summed E-state index contributed by atoms with van der Waals surface area (Å²) in [6.07, 6.45) is 2.21. The molecule has 1 aliphatic carbocycles. The fourth-order valence-corrected chi connectivity index (χ4v) is 4.00. The van der Waals surface area contributed by atoms with Crippen molar-refractivity contribution in [2.24, 2.45) is 0 Å². The number of hydrogen-bond acceptors (Lipinski definition) is 6. The van der Waals surface area contributed by atoms with Crippen LogP contribution in [0, 0.1) is 0 Å². The number of aromatic nitrogens is 1. The maximum absolute atomic E-state index is 13.4. The number of carbonyl (C=O) groups is 2. The van der Waals surface area contributed by atoms with Crippen LogP contribution in [0.3, 0.4) is 0 Å². The summed E-state index contributed by atoms with van der Waals surface area (Å²) in [7, 11) is 0. The van der Waals surface area contributed by atoms with Gasteiger partial charge in [-0.1, -0.05) is 30.3 Å². The van der Waals surface area contributed by atoms with E-state index in [1.54, 1.807) is 36.4 Å². The van der Waals surface area contributed by atoms with E-state index in [0.717, 1.165) is 0 Å². The molecule has 2 unspecified atom stereocenters. The molecule has 7 nitrogen and oxygen atoms in total. The van der Waals surface area contributed by atoms with Gasteiger partial charge in [0, 0.05) is 47.7 Å². The van der Waals surface area contributed by atoms with Crippen molar-refractivity contribution in [2.45, 2.75) is 18.8 Å². The Kier molecular flexibility index (Phi) is 7.03. The van der Waals surface area contributed by atoms with E-state index in [2.05, 4.69) is 10.6 Å². The second-order valence-electron chi connectivity index (χ2n) is 7.91. The highest BCUT2D eigenvalue weighted by Crippen LogP contribution is 2.36. The lowest BCUT2D eigenvalue weighted by molar-refractivity contribution is -0.703. The normalized spacial score (nSPS) is 14.3. The average molecular weight is 467 g/mol. The topological polar surface area (TPSA) is 103 Å². The molecule has 0 bridgehead atoms. The maximum Gasteiger partial charge on any atom is 0.196 e. The Morgan fingerprint density at radius 2 is 1.27 bits per heavy atom. The molecule has 8 heteroatoms. The van der Waals surface area contributed by atoms with Gasteiger partial charge in [0.2, 0.25) is 0 Å². The molecule has 2 aromatic carbocycles. The predicted molar refractivity (Wildman–Crippen MR) is 126 cm³/mol. The maximum atomic E-state index is 13.4. The number of hydrogen-bond donors (Lipinski definition) is 4. The molecule has 0 saturated heterocycles. The van der Waals surface area contributed by atoms with Crippen LogP contribution in [-0.4, -0.2) is 53.0 Å². The van der Waals surface area contributed by atoms with Crippen molar-refractivity contribution >= 4 is 34.5 Å². The molecule has 1 aliphatic rings. The van der Waals surface area contributed by atoms with Gasteiger partial charge in [0.25, 0.3) is 0 Å². The number of rotatable bonds is 9. The van der Waals surface area contributed by atoms with Crippen LogP contribution in [0.5, 0.6) is 0 Å². The molecule has 170 valence electrons. The number of aliphatic hydroxyl groups excluding tert-OH is 2. The van der Waals surface area contributed by atoms with Crippen molar-refractivity contribution in [1.82, 2.24) is 0 Å². The first-order valence-electron chi connectivity index (χ1n) is 10.7. The number of ketones is 2. The molecule has 0 aliphatic heterocycles. The highest BCUT2D eigenvalue weighted by atomic mass is 35.5. The minimum Gasteiger partial charge on any atom is -0.390 e. The number of benzene rings is 2. The van der Waals surface area contributed by atoms with E-state index in [4.69, 9.17) is 11.6 Å². The van der Waals surface area contributed by atoms with E-state index in [9.17, 15) is 19.8 Å². The number of aliphatic hydroxyl groups is 2. The lowest BCUT2D eigenvalue weighted by Gasteiger charge is -2.24. The smallest absolute Gasteiger partial charge is 0.196 e. The van der Waals surface area contributed by atoms with Crippen molar-refractivity contribution < 1.29 is 24.4 Å². The monoisotopic (exact) mass is 466 g/mol. The molecule has 0 amide bonds. The molecule has 1 heterocycles. The van der Waals surface area contributed by atoms with Crippen LogP contribution in [0.25, 0.3) is 0 Å². The second kappa shape index (κ2) is 10.1. The van der Waals surface area contributed by atoms with E-state index in [1.807, 2.05) is 35.2 Å². The number of halogens is 1. The largest absolute Gasteiger partial charge is 0.390 e. The lowest BCUT2D eigenvalue weighted by Crippen LogP contribution is -2.41. The quantitative estimate of drug-likeness (QED) is 0.223. The predicted octanol–water partition coefficient (Wildman–Crippen LogP) is 2.23. The van der Waals surface area contributed by atoms with E-state index in [0.29, 0.717) is 29.0 Å². The summed E-state index contributed by atoms with van der Waals surface area (Å²) in [5, 5.41) is 26.5. The molecule has 3 aromatic rings. The van der Waals surface area contributed by atoms with Crippen LogP contribution in [0.15, 0.2) is 67.0 Å². The Morgan fingerprint density at radius 3 is 1.79 bits per heavy atom. The van der Waals surface area contributed by atoms with Crippen LogP contribution in [0.1, 0.15) is 31.8 Å². The van der Waals surface area contributed by atoms with Crippen molar-refractivity contribution in [3.63, 3.8) is 0 Å². The lowest BCUT2D eigenvalue weighted by atomic mass is 9.82. The Balaban J connectivity index is 1.64. The van der Waals surface area contributed by atoms with Gasteiger partial charge >= 0.3 is 0 Å². The van der Waals surface area contributed by atoms with Crippen molar-refractivity contribution in [1.29, 1.82) is 0 Å². The number of fused-ring (bicyclic) bond motifs is 2. The third-order valence-electron chi connectivity index (χ3n) is 5.51. The highest BCUT2D eigenvalue weighted by molar-refractivity contribution is 6.31. The molecule has 2 atom stereocenters. The molecular weight excluding hydrogens is 442 g/mol. The molecule has 0 saturated carbocycles. The first-order chi connectivity index (χ1) is 16.0. The van der Waals surface area contributed by atoms with Crippen LogP contribution in [0.4, 0.5) is 11.4 Å². The first kappa shape index (κ1) is 22.9. The van der Waals surface area contributed by atoms with Gasteiger partial charge < -0.3 is 20.8 Å². The zero-order chi connectivity index (χ0) is 23.4. The van der Waals surface area contributed by atoms with E-state index in [-0.39, 0.29) is 41.7 Å². The molecule has 0 radical (unpaired) electrons. The van der Waals surface area contributed by atoms with Crippen LogP contribution < -0.4 is 15.2 Å². The summed E-state index contributed by atoms with van der Waals surface area (Å²) < 4.78 is 1.86. The third-order valence-corrected chi connectivity index (χ3v) is 5.87. The summed E-state index contributed by atoms with van der Waals surface area (Å²) in [6.45, 7) is 0.704. The molecule has 0 fully saturated rings. The van der Waals surface area contributed by atoms with Crippen LogP contribution in [0.2, 0.25) is 0 Å². The Labute approximate surface area is 196 Å². The highest BCUT2D eigenvalue weighted by Gasteiger charge is 2.34. The van der Waals surface area contributed by atoms with Crippen molar-refractivity contribution in [2.75, 3.05) is 29.6 Å². The van der Waals surface area contributed by atoms with Crippen molar-refractivity contribution in [3.8, 4) is 0 Å². The van der Waals surface area contributed by atoms with Crippen LogP contribution in [-0.2, 0) is 6.54 Å². The summed E-state index contributed by atoms with van der Waals surface area (Å²) in [4.78, 5) is 26.8. The molecule has 1 aromatic heterocycles. The van der Waals surface area contributed by atoms with Crippen molar-refractivity contribution in [3.05, 3.63) is 89.2 Å². The number of carbonyl (C=O) groups excluding carboxylic acids is 2. The minimum atomic E-state index is -0.799. The zero-order valence-corrected chi connectivity index (χ0v) is 18.6. The molecule has 33 heavy (non-hydrogen) atoms. The van der Waals surface area contributed by atoms with Gasteiger partial charge in [-0.15, -0.1) is 11.6 Å². The van der Waals surface area contributed by atoms with Gasteiger partial charge in [0.1, 0.15) is 6.10 Å². The Bertz CT molecular complexity index is 1170. The van der Waals surface area contributed by atoms with Gasteiger partial charge in [-0.2, -0.15) is 0 Å². The summed E-state index contributed by atoms with van der Waals surface area (Å²) in [5.74, 6) is -0.495. The van der Waals surface area contributed by atoms with E-state index in [1.165, 1.54) is 0 Å². The van der Waals surface area contributed by atoms with E-state index < -0.39 is 12.2 Å². The zero-order valence-electron chi connectivity index (χ0n) is 17.9. The summed E-state index contributed by atoms with van der Waals surface area (Å²) in [6, 6.07) is 15.8. The average Bonchev–Trinajstić information content (AvgIpc) is 2.85. The fraction of sp³-hybridized carbons (Fsp3) is 0.240. The fourth-order valence-electron chi connectivity index (χ4n) is 3.89. The number of alkyl halides is 1. The van der Waals surface area contributed by atoms with Gasteiger partial charge in [-0.3, -0.25) is 9.59 Å². The number of nitrogens with one attached hydrogen (secondary N) is 2. The molecule has 4 N–H and O–H groups in total. The number of nitrogens with zero attached hydrogens (tertiary/aromatic N) is 1. The second-order valence-corrected chi connectivity index (χ2v) is 8.22. The Morgan fingerprint density at radius 1 is 0.758 bits per heavy atom. The molecular formula is C25H25ClN3O4+. The molecule has 0 spiro atoms. The third kappa shape index (κ3) is 4.90. The van der Waals surface area contributed by atoms with Gasteiger partial charge in [0.15, 0.2) is 30.5 Å².